The SMILES string of the molecule is CCO[C@@H]1C[C@H](CCSc2ccccc2)C(C(=O)OC)=CO1. The topological polar surface area (TPSA) is 44.8 Å². The molecule has 1 heterocycles. The van der Waals surface area contributed by atoms with E-state index in [-0.39, 0.29) is 18.2 Å². The Morgan fingerprint density at radius 2 is 2.14 bits per heavy atom. The molecule has 2 rings (SSSR count). The van der Waals surface area contributed by atoms with Crippen molar-refractivity contribution in [1.82, 2.24) is 0 Å². The number of esters is 1. The zero-order valence-electron chi connectivity index (χ0n) is 13.0. The molecular weight excluding hydrogens is 300 g/mol. The second-order valence-electron chi connectivity index (χ2n) is 4.97. The average Bonchev–Trinajstić information content (AvgIpc) is 2.56. The van der Waals surface area contributed by atoms with Gasteiger partial charge < -0.3 is 14.2 Å². The van der Waals surface area contributed by atoms with E-state index >= 15 is 0 Å². The summed E-state index contributed by atoms with van der Waals surface area (Å²) in [4.78, 5) is 13.1. The molecule has 0 aromatic heterocycles. The lowest BCUT2D eigenvalue weighted by atomic mass is 9.92. The fourth-order valence-corrected chi connectivity index (χ4v) is 3.38. The van der Waals surface area contributed by atoms with Gasteiger partial charge in [-0.25, -0.2) is 4.79 Å². The van der Waals surface area contributed by atoms with Crippen molar-refractivity contribution in [3.8, 4) is 0 Å². The molecule has 1 aliphatic heterocycles. The molecule has 2 atom stereocenters. The Morgan fingerprint density at radius 3 is 2.82 bits per heavy atom. The van der Waals surface area contributed by atoms with Crippen LogP contribution in [0.4, 0.5) is 0 Å². The van der Waals surface area contributed by atoms with Crippen LogP contribution in [0.5, 0.6) is 0 Å². The average molecular weight is 322 g/mol. The Labute approximate surface area is 135 Å². The van der Waals surface area contributed by atoms with Gasteiger partial charge >= 0.3 is 5.97 Å². The Morgan fingerprint density at radius 1 is 1.36 bits per heavy atom. The van der Waals surface area contributed by atoms with Crippen molar-refractivity contribution in [3.05, 3.63) is 42.2 Å². The molecule has 0 unspecified atom stereocenters. The minimum Gasteiger partial charge on any atom is -0.472 e. The number of carbonyl (C=O) groups excluding carboxylic acids is 1. The van der Waals surface area contributed by atoms with Gasteiger partial charge in [0.05, 0.1) is 18.9 Å². The van der Waals surface area contributed by atoms with E-state index in [4.69, 9.17) is 14.2 Å². The number of benzene rings is 1. The standard InChI is InChI=1S/C17H22O4S/c1-3-20-16-11-13(15(12-21-16)17(18)19-2)9-10-22-14-7-5-4-6-8-14/h4-8,12-13,16H,3,9-11H2,1-2H3/t13-,16-/m0/s1. The van der Waals surface area contributed by atoms with Gasteiger partial charge in [0.2, 0.25) is 0 Å². The zero-order valence-corrected chi connectivity index (χ0v) is 13.8. The van der Waals surface area contributed by atoms with E-state index in [2.05, 4.69) is 12.1 Å². The quantitative estimate of drug-likeness (QED) is 0.566. The molecule has 22 heavy (non-hydrogen) atoms. The fraction of sp³-hybridized carbons (Fsp3) is 0.471. The first kappa shape index (κ1) is 16.9. The van der Waals surface area contributed by atoms with E-state index in [0.717, 1.165) is 12.2 Å². The van der Waals surface area contributed by atoms with Crippen LogP contribution in [0.1, 0.15) is 19.8 Å². The number of rotatable bonds is 7. The lowest BCUT2D eigenvalue weighted by Gasteiger charge is -2.28. The monoisotopic (exact) mass is 322 g/mol. The van der Waals surface area contributed by atoms with E-state index in [1.807, 2.05) is 25.1 Å². The molecule has 0 saturated heterocycles. The molecule has 0 aliphatic carbocycles. The fourth-order valence-electron chi connectivity index (χ4n) is 2.40. The molecule has 1 aliphatic rings. The maximum absolute atomic E-state index is 11.9. The van der Waals surface area contributed by atoms with Crippen LogP contribution in [-0.4, -0.2) is 31.7 Å². The first-order valence-electron chi connectivity index (χ1n) is 7.47. The summed E-state index contributed by atoms with van der Waals surface area (Å²) in [6, 6.07) is 10.3. The molecule has 120 valence electrons. The lowest BCUT2D eigenvalue weighted by molar-refractivity contribution is -0.143. The van der Waals surface area contributed by atoms with Crippen molar-refractivity contribution < 1.29 is 19.0 Å². The summed E-state index contributed by atoms with van der Waals surface area (Å²) < 4.78 is 15.8. The minimum atomic E-state index is -0.315. The van der Waals surface area contributed by atoms with Gasteiger partial charge in [0.15, 0.2) is 6.29 Å². The van der Waals surface area contributed by atoms with Gasteiger partial charge in [0.1, 0.15) is 0 Å². The summed E-state index contributed by atoms with van der Waals surface area (Å²) in [7, 11) is 1.40. The summed E-state index contributed by atoms with van der Waals surface area (Å²) in [5.41, 5.74) is 0.604. The van der Waals surface area contributed by atoms with Gasteiger partial charge in [-0.05, 0) is 31.2 Å². The van der Waals surface area contributed by atoms with Crippen molar-refractivity contribution in [2.75, 3.05) is 19.5 Å². The smallest absolute Gasteiger partial charge is 0.337 e. The van der Waals surface area contributed by atoms with E-state index in [1.54, 1.807) is 11.8 Å². The number of hydrogen-bond donors (Lipinski definition) is 0. The van der Waals surface area contributed by atoms with Crippen LogP contribution in [0.25, 0.3) is 0 Å². The molecular formula is C17H22O4S. The van der Waals surface area contributed by atoms with Crippen LogP contribution in [0, 0.1) is 5.92 Å². The maximum atomic E-state index is 11.9. The molecule has 0 saturated carbocycles. The van der Waals surface area contributed by atoms with E-state index in [1.165, 1.54) is 18.3 Å². The predicted molar refractivity (Wildman–Crippen MR) is 86.5 cm³/mol. The Hall–Kier alpha value is -1.46. The summed E-state index contributed by atoms with van der Waals surface area (Å²) in [5.74, 6) is 0.723. The highest BCUT2D eigenvalue weighted by Gasteiger charge is 2.30. The molecule has 0 amide bonds. The van der Waals surface area contributed by atoms with Gasteiger partial charge in [-0.15, -0.1) is 11.8 Å². The highest BCUT2D eigenvalue weighted by molar-refractivity contribution is 7.99. The summed E-state index contributed by atoms with van der Waals surface area (Å²) in [6.07, 6.45) is 2.80. The van der Waals surface area contributed by atoms with E-state index in [9.17, 15) is 4.79 Å². The maximum Gasteiger partial charge on any atom is 0.337 e. The molecule has 0 spiro atoms. The third-order valence-corrected chi connectivity index (χ3v) is 4.56. The van der Waals surface area contributed by atoms with Crippen LogP contribution in [-0.2, 0) is 19.0 Å². The summed E-state index contributed by atoms with van der Waals surface area (Å²) >= 11 is 1.79. The molecule has 5 heteroatoms. The van der Waals surface area contributed by atoms with Crippen molar-refractivity contribution in [2.24, 2.45) is 5.92 Å². The van der Waals surface area contributed by atoms with E-state index < -0.39 is 0 Å². The van der Waals surface area contributed by atoms with Gasteiger partial charge in [-0.1, -0.05) is 18.2 Å². The number of carbonyl (C=O) groups is 1. The van der Waals surface area contributed by atoms with Crippen LogP contribution >= 0.6 is 11.8 Å². The first-order chi connectivity index (χ1) is 10.7. The third kappa shape index (κ3) is 4.78. The highest BCUT2D eigenvalue weighted by atomic mass is 32.2. The number of thioether (sulfide) groups is 1. The van der Waals surface area contributed by atoms with Crippen molar-refractivity contribution in [1.29, 1.82) is 0 Å². The van der Waals surface area contributed by atoms with Gasteiger partial charge in [0, 0.05) is 23.8 Å². The molecule has 1 aromatic carbocycles. The third-order valence-electron chi connectivity index (χ3n) is 3.52. The van der Waals surface area contributed by atoms with Crippen molar-refractivity contribution in [3.63, 3.8) is 0 Å². The van der Waals surface area contributed by atoms with Gasteiger partial charge in [0.25, 0.3) is 0 Å². The summed E-state index contributed by atoms with van der Waals surface area (Å²) in [6.45, 7) is 2.53. The molecule has 0 fully saturated rings. The lowest BCUT2D eigenvalue weighted by Crippen LogP contribution is -2.28. The number of methoxy groups -OCH3 is 1. The molecule has 0 bridgehead atoms. The second-order valence-corrected chi connectivity index (χ2v) is 6.14. The van der Waals surface area contributed by atoms with Gasteiger partial charge in [-0.3, -0.25) is 0 Å². The zero-order chi connectivity index (χ0) is 15.8. The Balaban J connectivity index is 1.93. The highest BCUT2D eigenvalue weighted by Crippen LogP contribution is 2.31. The predicted octanol–water partition coefficient (Wildman–Crippen LogP) is 3.62. The van der Waals surface area contributed by atoms with Crippen LogP contribution in [0.15, 0.2) is 47.1 Å². The minimum absolute atomic E-state index is 0.106. The molecule has 0 radical (unpaired) electrons. The Kier molecular flexibility index (Phi) is 6.80. The largest absolute Gasteiger partial charge is 0.472 e. The normalized spacial score (nSPS) is 20.9. The second kappa shape index (κ2) is 8.86. The van der Waals surface area contributed by atoms with E-state index in [0.29, 0.717) is 18.6 Å². The van der Waals surface area contributed by atoms with Crippen molar-refractivity contribution in [2.45, 2.75) is 31.0 Å². The van der Waals surface area contributed by atoms with Gasteiger partial charge in [-0.2, -0.15) is 0 Å². The molecule has 0 N–H and O–H groups in total. The Bertz CT molecular complexity index is 501. The molecule has 1 aromatic rings. The van der Waals surface area contributed by atoms with Crippen molar-refractivity contribution >= 4 is 17.7 Å². The molecule has 4 nitrogen and oxygen atoms in total. The number of hydrogen-bond acceptors (Lipinski definition) is 5. The number of ether oxygens (including phenoxy) is 3. The summed E-state index contributed by atoms with van der Waals surface area (Å²) in [5, 5.41) is 0. The van der Waals surface area contributed by atoms with Crippen LogP contribution in [0.2, 0.25) is 0 Å². The van der Waals surface area contributed by atoms with Crippen LogP contribution < -0.4 is 0 Å². The first-order valence-corrected chi connectivity index (χ1v) is 8.46. The van der Waals surface area contributed by atoms with Crippen LogP contribution in [0.3, 0.4) is 0 Å².